The molecule has 31 heavy (non-hydrogen) atoms. The van der Waals surface area contributed by atoms with E-state index in [2.05, 4.69) is 31.3 Å². The van der Waals surface area contributed by atoms with Crippen LogP contribution >= 0.6 is 0 Å². The number of hydrogen-bond acceptors (Lipinski definition) is 3. The van der Waals surface area contributed by atoms with E-state index in [1.54, 1.807) is 12.1 Å². The predicted molar refractivity (Wildman–Crippen MR) is 124 cm³/mol. The van der Waals surface area contributed by atoms with Gasteiger partial charge in [0, 0.05) is 25.0 Å². The van der Waals surface area contributed by atoms with Crippen LogP contribution in [0, 0.1) is 12.8 Å². The number of nitrogens with one attached hydrogen (secondary N) is 1. The number of carbonyl (C=O) groups is 1. The van der Waals surface area contributed by atoms with Gasteiger partial charge in [-0.25, -0.2) is 8.42 Å². The molecule has 1 N–H and O–H groups in total. The van der Waals surface area contributed by atoms with Crippen molar-refractivity contribution in [1.29, 1.82) is 0 Å². The Labute approximate surface area is 186 Å². The zero-order valence-electron chi connectivity index (χ0n) is 19.0. The first-order valence-corrected chi connectivity index (χ1v) is 12.5. The SMILES string of the molecule is Cc1ccc(S(=O)(=O)N2CCC(C(=O)NC(C)CC(C)(C)c3ccccc3)CC2)cc1. The summed E-state index contributed by atoms with van der Waals surface area (Å²) in [7, 11) is -3.50. The second kappa shape index (κ2) is 9.53. The summed E-state index contributed by atoms with van der Waals surface area (Å²) < 4.78 is 27.2. The molecule has 1 unspecified atom stereocenters. The highest BCUT2D eigenvalue weighted by atomic mass is 32.2. The van der Waals surface area contributed by atoms with E-state index in [4.69, 9.17) is 0 Å². The number of carbonyl (C=O) groups excluding carboxylic acids is 1. The Bertz CT molecular complexity index is 977. The van der Waals surface area contributed by atoms with Crippen molar-refractivity contribution in [2.45, 2.75) is 63.3 Å². The Morgan fingerprint density at radius 1 is 1.06 bits per heavy atom. The van der Waals surface area contributed by atoms with Crippen molar-refractivity contribution >= 4 is 15.9 Å². The molecule has 6 heteroatoms. The number of aryl methyl sites for hydroxylation is 1. The number of sulfonamides is 1. The van der Waals surface area contributed by atoms with Crippen molar-refractivity contribution in [3.8, 4) is 0 Å². The molecule has 5 nitrogen and oxygen atoms in total. The molecule has 0 spiro atoms. The van der Waals surface area contributed by atoms with Gasteiger partial charge in [-0.3, -0.25) is 4.79 Å². The van der Waals surface area contributed by atoms with E-state index in [0.29, 0.717) is 30.8 Å². The van der Waals surface area contributed by atoms with Crippen molar-refractivity contribution < 1.29 is 13.2 Å². The standard InChI is InChI=1S/C25H34N2O3S/c1-19-10-12-23(13-11-19)31(29,30)27-16-14-21(15-17-27)24(28)26-20(2)18-25(3,4)22-8-6-5-7-9-22/h5-13,20-21H,14-18H2,1-4H3,(H,26,28). The van der Waals surface area contributed by atoms with Crippen LogP contribution in [0.3, 0.4) is 0 Å². The fourth-order valence-corrected chi connectivity index (χ4v) is 5.87. The molecule has 1 aliphatic rings. The van der Waals surface area contributed by atoms with Crippen molar-refractivity contribution in [3.05, 3.63) is 65.7 Å². The maximum absolute atomic E-state index is 12.9. The second-order valence-electron chi connectivity index (χ2n) is 9.36. The topological polar surface area (TPSA) is 66.5 Å². The fourth-order valence-electron chi connectivity index (χ4n) is 4.40. The van der Waals surface area contributed by atoms with E-state index >= 15 is 0 Å². The Morgan fingerprint density at radius 3 is 2.23 bits per heavy atom. The molecule has 2 aromatic rings. The van der Waals surface area contributed by atoms with Gasteiger partial charge in [0.1, 0.15) is 0 Å². The zero-order chi connectivity index (χ0) is 22.6. The molecule has 0 radical (unpaired) electrons. The number of rotatable bonds is 7. The highest BCUT2D eigenvalue weighted by Crippen LogP contribution is 2.29. The third kappa shape index (κ3) is 5.74. The van der Waals surface area contributed by atoms with Gasteiger partial charge in [0.2, 0.25) is 15.9 Å². The van der Waals surface area contributed by atoms with Crippen LogP contribution < -0.4 is 5.32 Å². The summed E-state index contributed by atoms with van der Waals surface area (Å²) in [5.74, 6) is -0.115. The molecule has 168 valence electrons. The first-order valence-electron chi connectivity index (χ1n) is 11.0. The molecule has 0 saturated carbocycles. The largest absolute Gasteiger partial charge is 0.353 e. The third-order valence-electron chi connectivity index (χ3n) is 6.24. The van der Waals surface area contributed by atoms with E-state index in [1.807, 2.05) is 44.2 Å². The number of nitrogens with zero attached hydrogens (tertiary/aromatic N) is 1. The average molecular weight is 443 g/mol. The van der Waals surface area contributed by atoms with Crippen LogP contribution in [0.4, 0.5) is 0 Å². The van der Waals surface area contributed by atoms with Crippen molar-refractivity contribution in [3.63, 3.8) is 0 Å². The van der Waals surface area contributed by atoms with Crippen LogP contribution in [-0.2, 0) is 20.2 Å². The van der Waals surface area contributed by atoms with Crippen LogP contribution in [0.15, 0.2) is 59.5 Å². The van der Waals surface area contributed by atoms with Gasteiger partial charge in [-0.2, -0.15) is 4.31 Å². The summed E-state index contributed by atoms with van der Waals surface area (Å²) in [6.45, 7) is 9.11. The lowest BCUT2D eigenvalue weighted by Crippen LogP contribution is -2.45. The number of hydrogen-bond donors (Lipinski definition) is 1. The highest BCUT2D eigenvalue weighted by Gasteiger charge is 2.33. The van der Waals surface area contributed by atoms with Gasteiger partial charge in [-0.05, 0) is 56.2 Å². The second-order valence-corrected chi connectivity index (χ2v) is 11.3. The van der Waals surface area contributed by atoms with Gasteiger partial charge in [-0.1, -0.05) is 61.9 Å². The maximum atomic E-state index is 12.9. The van der Waals surface area contributed by atoms with Crippen LogP contribution in [0.2, 0.25) is 0 Å². The Kier molecular flexibility index (Phi) is 7.22. The number of benzene rings is 2. The van der Waals surface area contributed by atoms with E-state index in [1.165, 1.54) is 9.87 Å². The number of amides is 1. The summed E-state index contributed by atoms with van der Waals surface area (Å²) in [6, 6.07) is 17.3. The van der Waals surface area contributed by atoms with Crippen molar-refractivity contribution in [2.75, 3.05) is 13.1 Å². The van der Waals surface area contributed by atoms with E-state index in [-0.39, 0.29) is 23.3 Å². The lowest BCUT2D eigenvalue weighted by atomic mass is 9.79. The average Bonchev–Trinajstić information content (AvgIpc) is 2.74. The Balaban J connectivity index is 1.53. The van der Waals surface area contributed by atoms with E-state index in [9.17, 15) is 13.2 Å². The van der Waals surface area contributed by atoms with Crippen LogP contribution in [-0.4, -0.2) is 37.8 Å². The number of piperidine rings is 1. The lowest BCUT2D eigenvalue weighted by Gasteiger charge is -2.33. The molecule has 1 fully saturated rings. The molecular formula is C25H34N2O3S. The minimum absolute atomic E-state index is 0.0312. The van der Waals surface area contributed by atoms with Crippen LogP contribution in [0.5, 0.6) is 0 Å². The fraction of sp³-hybridized carbons (Fsp3) is 0.480. The molecule has 1 atom stereocenters. The molecule has 2 aromatic carbocycles. The smallest absolute Gasteiger partial charge is 0.243 e. The monoisotopic (exact) mass is 442 g/mol. The molecular weight excluding hydrogens is 408 g/mol. The lowest BCUT2D eigenvalue weighted by molar-refractivity contribution is -0.126. The Morgan fingerprint density at radius 2 is 1.65 bits per heavy atom. The zero-order valence-corrected chi connectivity index (χ0v) is 19.8. The Hall–Kier alpha value is -2.18. The molecule has 0 aromatic heterocycles. The molecule has 0 bridgehead atoms. The molecule has 1 saturated heterocycles. The minimum Gasteiger partial charge on any atom is -0.353 e. The van der Waals surface area contributed by atoms with Crippen molar-refractivity contribution in [2.24, 2.45) is 5.92 Å². The summed E-state index contributed by atoms with van der Waals surface area (Å²) in [6.07, 6.45) is 1.93. The van der Waals surface area contributed by atoms with E-state index in [0.717, 1.165) is 12.0 Å². The van der Waals surface area contributed by atoms with Gasteiger partial charge < -0.3 is 5.32 Å². The molecule has 1 aliphatic heterocycles. The van der Waals surface area contributed by atoms with Crippen LogP contribution in [0.1, 0.15) is 51.2 Å². The molecule has 1 heterocycles. The van der Waals surface area contributed by atoms with E-state index < -0.39 is 10.0 Å². The first kappa shape index (κ1) is 23.5. The first-order chi connectivity index (χ1) is 14.6. The van der Waals surface area contributed by atoms with Crippen molar-refractivity contribution in [1.82, 2.24) is 9.62 Å². The van der Waals surface area contributed by atoms with Crippen LogP contribution in [0.25, 0.3) is 0 Å². The summed E-state index contributed by atoms with van der Waals surface area (Å²) in [5.41, 5.74) is 2.24. The van der Waals surface area contributed by atoms with Gasteiger partial charge in [0.25, 0.3) is 0 Å². The summed E-state index contributed by atoms with van der Waals surface area (Å²) in [5, 5.41) is 3.16. The summed E-state index contributed by atoms with van der Waals surface area (Å²) in [4.78, 5) is 13.1. The van der Waals surface area contributed by atoms with Gasteiger partial charge in [0.05, 0.1) is 4.90 Å². The minimum atomic E-state index is -3.50. The molecule has 3 rings (SSSR count). The van der Waals surface area contributed by atoms with Gasteiger partial charge >= 0.3 is 0 Å². The predicted octanol–water partition coefficient (Wildman–Crippen LogP) is 4.27. The third-order valence-corrected chi connectivity index (χ3v) is 8.16. The highest BCUT2D eigenvalue weighted by molar-refractivity contribution is 7.89. The van der Waals surface area contributed by atoms with Gasteiger partial charge in [-0.15, -0.1) is 0 Å². The quantitative estimate of drug-likeness (QED) is 0.696. The molecule has 0 aliphatic carbocycles. The van der Waals surface area contributed by atoms with Gasteiger partial charge in [0.15, 0.2) is 0 Å². The molecule has 1 amide bonds. The maximum Gasteiger partial charge on any atom is 0.243 e. The summed E-state index contributed by atoms with van der Waals surface area (Å²) >= 11 is 0. The normalized spacial score (nSPS) is 17.3.